The van der Waals surface area contributed by atoms with Gasteiger partial charge in [0.15, 0.2) is 6.10 Å². The lowest BCUT2D eigenvalue weighted by Gasteiger charge is -2.28. The van der Waals surface area contributed by atoms with Gasteiger partial charge in [-0.2, -0.15) is 0 Å². The minimum atomic E-state index is -0.993. The van der Waals surface area contributed by atoms with Crippen molar-refractivity contribution in [2.45, 2.75) is 13.0 Å². The number of nitrogens with zero attached hydrogens (tertiary/aromatic N) is 1. The molecule has 8 nitrogen and oxygen atoms in total. The van der Waals surface area contributed by atoms with Crippen molar-refractivity contribution >= 4 is 23.3 Å². The first-order chi connectivity index (χ1) is 14.5. The second-order valence-electron chi connectivity index (χ2n) is 6.75. The Balaban J connectivity index is 1.60. The molecule has 1 amide bonds. The number of amides is 1. The van der Waals surface area contributed by atoms with Crippen LogP contribution in [0.2, 0.25) is 0 Å². The van der Waals surface area contributed by atoms with Crippen LogP contribution in [0.25, 0.3) is 0 Å². The standard InChI is InChI=1S/C22H26N2O6/c1-15(30-22(26)19-14-18(27-2)8-9-20(19)28-3)21(25)23-16-4-6-17(7-5-16)24-10-12-29-13-11-24/h4-9,14-15H,10-13H2,1-3H3,(H,23,25)/t15-/m1/s1. The number of morpholine rings is 1. The molecule has 0 spiro atoms. The van der Waals surface area contributed by atoms with Crippen molar-refractivity contribution in [3.63, 3.8) is 0 Å². The smallest absolute Gasteiger partial charge is 0.342 e. The zero-order valence-corrected chi connectivity index (χ0v) is 17.3. The Kier molecular flexibility index (Phi) is 7.13. The average molecular weight is 414 g/mol. The first-order valence-electron chi connectivity index (χ1n) is 9.68. The molecule has 0 aromatic heterocycles. The molecule has 1 aliphatic rings. The molecule has 30 heavy (non-hydrogen) atoms. The predicted molar refractivity (Wildman–Crippen MR) is 113 cm³/mol. The van der Waals surface area contributed by atoms with Gasteiger partial charge in [-0.1, -0.05) is 0 Å². The largest absolute Gasteiger partial charge is 0.497 e. The van der Waals surface area contributed by atoms with Crippen LogP contribution in [0.1, 0.15) is 17.3 Å². The van der Waals surface area contributed by atoms with E-state index in [1.807, 2.05) is 24.3 Å². The number of benzene rings is 2. The number of hydrogen-bond donors (Lipinski definition) is 1. The molecule has 0 aliphatic carbocycles. The number of methoxy groups -OCH3 is 2. The summed E-state index contributed by atoms with van der Waals surface area (Å²) in [5, 5.41) is 2.76. The summed E-state index contributed by atoms with van der Waals surface area (Å²) in [4.78, 5) is 27.2. The Morgan fingerprint density at radius 1 is 1.03 bits per heavy atom. The zero-order valence-electron chi connectivity index (χ0n) is 17.3. The summed E-state index contributed by atoms with van der Waals surface area (Å²) in [5.41, 5.74) is 1.88. The molecule has 1 aliphatic heterocycles. The number of ether oxygens (including phenoxy) is 4. The van der Waals surface area contributed by atoms with Gasteiger partial charge in [-0.15, -0.1) is 0 Å². The molecule has 0 radical (unpaired) electrons. The normalized spacial score (nSPS) is 14.6. The van der Waals surface area contributed by atoms with Crippen molar-refractivity contribution in [3.8, 4) is 11.5 Å². The number of rotatable bonds is 7. The molecular weight excluding hydrogens is 388 g/mol. The Bertz CT molecular complexity index is 878. The molecule has 1 heterocycles. The lowest BCUT2D eigenvalue weighted by Crippen LogP contribution is -2.36. The molecule has 0 saturated carbocycles. The molecule has 2 aromatic rings. The van der Waals surface area contributed by atoms with Gasteiger partial charge in [-0.05, 0) is 49.4 Å². The molecule has 0 unspecified atom stereocenters. The van der Waals surface area contributed by atoms with Gasteiger partial charge < -0.3 is 29.2 Å². The van der Waals surface area contributed by atoms with E-state index in [2.05, 4.69) is 10.2 Å². The van der Waals surface area contributed by atoms with E-state index in [9.17, 15) is 9.59 Å². The third kappa shape index (κ3) is 5.21. The number of carbonyl (C=O) groups excluding carboxylic acids is 2. The van der Waals surface area contributed by atoms with Crippen LogP contribution < -0.4 is 19.7 Å². The maximum atomic E-state index is 12.5. The number of carbonyl (C=O) groups is 2. The fraction of sp³-hybridized carbons (Fsp3) is 0.364. The van der Waals surface area contributed by atoms with E-state index in [4.69, 9.17) is 18.9 Å². The highest BCUT2D eigenvalue weighted by molar-refractivity contribution is 5.98. The summed E-state index contributed by atoms with van der Waals surface area (Å²) in [7, 11) is 2.95. The molecule has 8 heteroatoms. The number of nitrogens with one attached hydrogen (secondary N) is 1. The van der Waals surface area contributed by atoms with E-state index in [1.54, 1.807) is 12.1 Å². The maximum absolute atomic E-state index is 12.5. The molecular formula is C22H26N2O6. The van der Waals surface area contributed by atoms with Crippen LogP contribution in [0.5, 0.6) is 11.5 Å². The van der Waals surface area contributed by atoms with Crippen LogP contribution >= 0.6 is 0 Å². The van der Waals surface area contributed by atoms with E-state index in [1.165, 1.54) is 27.2 Å². The third-order valence-corrected chi connectivity index (χ3v) is 4.79. The van der Waals surface area contributed by atoms with Crippen molar-refractivity contribution in [1.29, 1.82) is 0 Å². The minimum absolute atomic E-state index is 0.186. The Morgan fingerprint density at radius 2 is 1.73 bits per heavy atom. The van der Waals surface area contributed by atoms with Crippen LogP contribution in [0.4, 0.5) is 11.4 Å². The van der Waals surface area contributed by atoms with Gasteiger partial charge in [0.25, 0.3) is 5.91 Å². The lowest BCUT2D eigenvalue weighted by molar-refractivity contribution is -0.123. The molecule has 1 fully saturated rings. The summed E-state index contributed by atoms with van der Waals surface area (Å²) < 4.78 is 21.0. The van der Waals surface area contributed by atoms with E-state index in [-0.39, 0.29) is 5.56 Å². The summed E-state index contributed by atoms with van der Waals surface area (Å²) in [6.45, 7) is 4.61. The number of hydrogen-bond acceptors (Lipinski definition) is 7. The highest BCUT2D eigenvalue weighted by atomic mass is 16.5. The fourth-order valence-electron chi connectivity index (χ4n) is 3.07. The van der Waals surface area contributed by atoms with E-state index < -0.39 is 18.0 Å². The van der Waals surface area contributed by atoms with Crippen molar-refractivity contribution in [2.75, 3.05) is 50.7 Å². The second-order valence-corrected chi connectivity index (χ2v) is 6.75. The van der Waals surface area contributed by atoms with Gasteiger partial charge in [0.05, 0.1) is 27.4 Å². The van der Waals surface area contributed by atoms with Gasteiger partial charge in [-0.3, -0.25) is 4.79 Å². The van der Waals surface area contributed by atoms with E-state index in [0.29, 0.717) is 30.4 Å². The second kappa shape index (κ2) is 9.98. The van der Waals surface area contributed by atoms with Crippen LogP contribution in [0.15, 0.2) is 42.5 Å². The molecule has 160 valence electrons. The van der Waals surface area contributed by atoms with E-state index >= 15 is 0 Å². The summed E-state index contributed by atoms with van der Waals surface area (Å²) in [6, 6.07) is 12.3. The Labute approximate surface area is 175 Å². The Hall–Kier alpha value is -3.26. The molecule has 1 N–H and O–H groups in total. The van der Waals surface area contributed by atoms with Crippen LogP contribution in [-0.2, 0) is 14.3 Å². The van der Waals surface area contributed by atoms with E-state index in [0.717, 1.165) is 18.8 Å². The van der Waals surface area contributed by atoms with Gasteiger partial charge in [-0.25, -0.2) is 4.79 Å². The molecule has 2 aromatic carbocycles. The monoisotopic (exact) mass is 414 g/mol. The van der Waals surface area contributed by atoms with Crippen molar-refractivity contribution < 1.29 is 28.5 Å². The topological polar surface area (TPSA) is 86.3 Å². The quantitative estimate of drug-likeness (QED) is 0.697. The molecule has 1 saturated heterocycles. The SMILES string of the molecule is COc1ccc(OC)c(C(=O)O[C@H](C)C(=O)Nc2ccc(N3CCOCC3)cc2)c1. The van der Waals surface area contributed by atoms with Gasteiger partial charge >= 0.3 is 5.97 Å². The first kappa shape index (κ1) is 21.4. The summed E-state index contributed by atoms with van der Waals surface area (Å²) >= 11 is 0. The van der Waals surface area contributed by atoms with Gasteiger partial charge in [0, 0.05) is 24.5 Å². The maximum Gasteiger partial charge on any atom is 0.342 e. The lowest BCUT2D eigenvalue weighted by atomic mass is 10.2. The zero-order chi connectivity index (χ0) is 21.5. The van der Waals surface area contributed by atoms with Crippen molar-refractivity contribution in [2.24, 2.45) is 0 Å². The number of esters is 1. The van der Waals surface area contributed by atoms with Crippen LogP contribution in [-0.4, -0.2) is 58.5 Å². The van der Waals surface area contributed by atoms with Crippen molar-refractivity contribution in [3.05, 3.63) is 48.0 Å². The number of anilines is 2. The molecule has 3 rings (SSSR count). The highest BCUT2D eigenvalue weighted by Crippen LogP contribution is 2.25. The van der Waals surface area contributed by atoms with Gasteiger partial charge in [0.1, 0.15) is 17.1 Å². The predicted octanol–water partition coefficient (Wildman–Crippen LogP) is 2.72. The summed E-state index contributed by atoms with van der Waals surface area (Å²) in [5.74, 6) is -0.271. The van der Waals surface area contributed by atoms with Crippen LogP contribution in [0.3, 0.4) is 0 Å². The highest BCUT2D eigenvalue weighted by Gasteiger charge is 2.22. The average Bonchev–Trinajstić information content (AvgIpc) is 2.79. The molecule has 1 atom stereocenters. The first-order valence-corrected chi connectivity index (χ1v) is 9.68. The van der Waals surface area contributed by atoms with Crippen molar-refractivity contribution in [1.82, 2.24) is 0 Å². The fourth-order valence-corrected chi connectivity index (χ4v) is 3.07. The summed E-state index contributed by atoms with van der Waals surface area (Å²) in [6.07, 6.45) is -0.993. The van der Waals surface area contributed by atoms with Gasteiger partial charge in [0.2, 0.25) is 0 Å². The third-order valence-electron chi connectivity index (χ3n) is 4.79. The Morgan fingerprint density at radius 3 is 2.37 bits per heavy atom. The minimum Gasteiger partial charge on any atom is -0.497 e. The molecule has 0 bridgehead atoms. The van der Waals surface area contributed by atoms with Crippen LogP contribution in [0, 0.1) is 0 Å².